The van der Waals surface area contributed by atoms with Crippen molar-refractivity contribution in [2.24, 2.45) is 4.99 Å². The second kappa shape index (κ2) is 9.31. The van der Waals surface area contributed by atoms with E-state index in [9.17, 15) is 4.39 Å². The monoisotopic (exact) mass is 296 g/mol. The van der Waals surface area contributed by atoms with Gasteiger partial charge in [-0.3, -0.25) is 4.99 Å². The van der Waals surface area contributed by atoms with E-state index in [1.165, 1.54) is 6.07 Å². The van der Waals surface area contributed by atoms with Crippen LogP contribution in [0.1, 0.15) is 11.6 Å². The quantitative estimate of drug-likeness (QED) is 0.451. The standard InChI is InChI=1S/C15H25FN4O/c1-17-15(18-8-9-21-4)19-11-14(20(2)3)12-6-5-7-13(16)10-12/h5-7,10,14H,8-9,11H2,1-4H3,(H2,17,18,19). The zero-order chi connectivity index (χ0) is 15.7. The first-order valence-electron chi connectivity index (χ1n) is 6.93. The van der Waals surface area contributed by atoms with E-state index in [0.717, 1.165) is 5.56 Å². The molecule has 0 bridgehead atoms. The third kappa shape index (κ3) is 6.10. The maximum atomic E-state index is 13.4. The van der Waals surface area contributed by atoms with Crippen LogP contribution in [0, 0.1) is 5.82 Å². The van der Waals surface area contributed by atoms with Crippen molar-refractivity contribution in [3.05, 3.63) is 35.6 Å². The van der Waals surface area contributed by atoms with Gasteiger partial charge in [-0.15, -0.1) is 0 Å². The lowest BCUT2D eigenvalue weighted by atomic mass is 10.1. The molecule has 1 aromatic rings. The van der Waals surface area contributed by atoms with Crippen LogP contribution in [-0.2, 0) is 4.74 Å². The molecule has 0 saturated heterocycles. The van der Waals surface area contributed by atoms with Crippen molar-refractivity contribution in [3.8, 4) is 0 Å². The third-order valence-electron chi connectivity index (χ3n) is 3.14. The van der Waals surface area contributed by atoms with Gasteiger partial charge in [0.05, 0.1) is 12.6 Å². The molecule has 5 nitrogen and oxygen atoms in total. The van der Waals surface area contributed by atoms with Gasteiger partial charge >= 0.3 is 0 Å². The number of ether oxygens (including phenoxy) is 1. The Morgan fingerprint density at radius 3 is 2.71 bits per heavy atom. The van der Waals surface area contributed by atoms with Crippen molar-refractivity contribution in [2.45, 2.75) is 6.04 Å². The van der Waals surface area contributed by atoms with Gasteiger partial charge in [0, 0.05) is 27.2 Å². The van der Waals surface area contributed by atoms with Crippen LogP contribution in [0.2, 0.25) is 0 Å². The van der Waals surface area contributed by atoms with Gasteiger partial charge in [-0.25, -0.2) is 4.39 Å². The van der Waals surface area contributed by atoms with Crippen LogP contribution in [0.3, 0.4) is 0 Å². The lowest BCUT2D eigenvalue weighted by Crippen LogP contribution is -2.42. The fraction of sp³-hybridized carbons (Fsp3) is 0.533. The Bertz CT molecular complexity index is 451. The summed E-state index contributed by atoms with van der Waals surface area (Å²) in [6.07, 6.45) is 0. The number of guanidine groups is 1. The Balaban J connectivity index is 2.63. The van der Waals surface area contributed by atoms with Crippen LogP contribution in [0.5, 0.6) is 0 Å². The number of aliphatic imine (C=N–C) groups is 1. The molecule has 0 aromatic heterocycles. The van der Waals surface area contributed by atoms with Gasteiger partial charge in [-0.2, -0.15) is 0 Å². The molecule has 0 amide bonds. The van der Waals surface area contributed by atoms with Crippen molar-refractivity contribution in [1.29, 1.82) is 0 Å². The SMILES string of the molecule is CN=C(NCCOC)NCC(c1cccc(F)c1)N(C)C. The van der Waals surface area contributed by atoms with Gasteiger partial charge in [0.25, 0.3) is 0 Å². The highest BCUT2D eigenvalue weighted by Crippen LogP contribution is 2.18. The number of halogens is 1. The van der Waals surface area contributed by atoms with E-state index < -0.39 is 0 Å². The topological polar surface area (TPSA) is 48.9 Å². The summed E-state index contributed by atoms with van der Waals surface area (Å²) >= 11 is 0. The Kier molecular flexibility index (Phi) is 7.71. The maximum absolute atomic E-state index is 13.4. The summed E-state index contributed by atoms with van der Waals surface area (Å²) in [5.74, 6) is 0.484. The molecule has 6 heteroatoms. The minimum Gasteiger partial charge on any atom is -0.383 e. The summed E-state index contributed by atoms with van der Waals surface area (Å²) in [4.78, 5) is 6.19. The molecular formula is C15H25FN4O. The number of hydrogen-bond donors (Lipinski definition) is 2. The molecule has 118 valence electrons. The molecule has 0 fully saturated rings. The second-order valence-electron chi connectivity index (χ2n) is 4.91. The average Bonchev–Trinajstić information content (AvgIpc) is 2.45. The van der Waals surface area contributed by atoms with Crippen LogP contribution in [0.25, 0.3) is 0 Å². The van der Waals surface area contributed by atoms with Crippen LogP contribution < -0.4 is 10.6 Å². The Labute approximate surface area is 126 Å². The maximum Gasteiger partial charge on any atom is 0.191 e. The Morgan fingerprint density at radius 1 is 1.38 bits per heavy atom. The highest BCUT2D eigenvalue weighted by molar-refractivity contribution is 5.79. The summed E-state index contributed by atoms with van der Waals surface area (Å²) in [6, 6.07) is 6.73. The molecule has 0 saturated carbocycles. The normalized spacial score (nSPS) is 13.3. The number of benzene rings is 1. The predicted molar refractivity (Wildman–Crippen MR) is 84.1 cm³/mol. The molecule has 2 N–H and O–H groups in total. The fourth-order valence-corrected chi connectivity index (χ4v) is 2.00. The van der Waals surface area contributed by atoms with Gasteiger partial charge in [-0.1, -0.05) is 12.1 Å². The van der Waals surface area contributed by atoms with Crippen LogP contribution in [0.15, 0.2) is 29.3 Å². The lowest BCUT2D eigenvalue weighted by Gasteiger charge is -2.26. The molecule has 1 aromatic carbocycles. The minimum absolute atomic E-state index is 0.0571. The predicted octanol–water partition coefficient (Wildman–Crippen LogP) is 1.24. The van der Waals surface area contributed by atoms with E-state index in [2.05, 4.69) is 15.6 Å². The molecule has 0 spiro atoms. The average molecular weight is 296 g/mol. The van der Waals surface area contributed by atoms with Gasteiger partial charge in [-0.05, 0) is 31.8 Å². The molecule has 1 rings (SSSR count). The number of nitrogens with one attached hydrogen (secondary N) is 2. The van der Waals surface area contributed by atoms with E-state index in [-0.39, 0.29) is 11.9 Å². The number of nitrogens with zero attached hydrogens (tertiary/aromatic N) is 2. The fourth-order valence-electron chi connectivity index (χ4n) is 2.00. The molecule has 0 aliphatic heterocycles. The summed E-state index contributed by atoms with van der Waals surface area (Å²) in [6.45, 7) is 1.92. The zero-order valence-corrected chi connectivity index (χ0v) is 13.2. The molecule has 21 heavy (non-hydrogen) atoms. The van der Waals surface area contributed by atoms with Crippen LogP contribution in [0.4, 0.5) is 4.39 Å². The molecule has 0 radical (unpaired) electrons. The van der Waals surface area contributed by atoms with Gasteiger partial charge in [0.2, 0.25) is 0 Å². The Hall–Kier alpha value is -1.66. The smallest absolute Gasteiger partial charge is 0.191 e. The van der Waals surface area contributed by atoms with Gasteiger partial charge in [0.15, 0.2) is 5.96 Å². The van der Waals surface area contributed by atoms with Crippen LogP contribution >= 0.6 is 0 Å². The Morgan fingerprint density at radius 2 is 2.14 bits per heavy atom. The molecular weight excluding hydrogens is 271 g/mol. The van der Waals surface area contributed by atoms with E-state index >= 15 is 0 Å². The number of likely N-dealkylation sites (N-methyl/N-ethyl adjacent to an activating group) is 1. The molecule has 0 aliphatic rings. The molecule has 0 aliphatic carbocycles. The lowest BCUT2D eigenvalue weighted by molar-refractivity contribution is 0.203. The van der Waals surface area contributed by atoms with Crippen molar-refractivity contribution in [1.82, 2.24) is 15.5 Å². The van der Waals surface area contributed by atoms with E-state index in [1.807, 2.05) is 25.1 Å². The van der Waals surface area contributed by atoms with E-state index in [0.29, 0.717) is 25.7 Å². The molecule has 0 heterocycles. The first-order chi connectivity index (χ1) is 10.1. The van der Waals surface area contributed by atoms with E-state index in [1.54, 1.807) is 26.3 Å². The largest absolute Gasteiger partial charge is 0.383 e. The van der Waals surface area contributed by atoms with Gasteiger partial charge in [0.1, 0.15) is 5.82 Å². The second-order valence-corrected chi connectivity index (χ2v) is 4.91. The summed E-state index contributed by atoms with van der Waals surface area (Å²) in [5, 5.41) is 6.40. The number of methoxy groups -OCH3 is 1. The molecule has 1 unspecified atom stereocenters. The molecule has 1 atom stereocenters. The summed E-state index contributed by atoms with van der Waals surface area (Å²) < 4.78 is 18.4. The summed E-state index contributed by atoms with van der Waals surface area (Å²) in [7, 11) is 7.32. The minimum atomic E-state index is -0.220. The van der Waals surface area contributed by atoms with Crippen molar-refractivity contribution in [3.63, 3.8) is 0 Å². The number of rotatable bonds is 7. The highest BCUT2D eigenvalue weighted by atomic mass is 19.1. The number of hydrogen-bond acceptors (Lipinski definition) is 3. The van der Waals surface area contributed by atoms with Crippen molar-refractivity contribution >= 4 is 5.96 Å². The van der Waals surface area contributed by atoms with Gasteiger partial charge < -0.3 is 20.3 Å². The van der Waals surface area contributed by atoms with Crippen LogP contribution in [-0.4, -0.2) is 58.8 Å². The van der Waals surface area contributed by atoms with Crippen molar-refractivity contribution in [2.75, 3.05) is 47.9 Å². The first-order valence-corrected chi connectivity index (χ1v) is 6.93. The highest BCUT2D eigenvalue weighted by Gasteiger charge is 2.15. The van der Waals surface area contributed by atoms with E-state index in [4.69, 9.17) is 4.74 Å². The summed E-state index contributed by atoms with van der Waals surface area (Å²) in [5.41, 5.74) is 0.930. The van der Waals surface area contributed by atoms with Crippen molar-refractivity contribution < 1.29 is 9.13 Å². The third-order valence-corrected chi connectivity index (χ3v) is 3.14. The first kappa shape index (κ1) is 17.4. The zero-order valence-electron chi connectivity index (χ0n) is 13.2.